The molecule has 0 spiro atoms. The Morgan fingerprint density at radius 1 is 0.871 bits per heavy atom. The van der Waals surface area contributed by atoms with Gasteiger partial charge >= 0.3 is 5.97 Å². The van der Waals surface area contributed by atoms with Gasteiger partial charge < -0.3 is 4.74 Å². The van der Waals surface area contributed by atoms with E-state index in [9.17, 15) is 19.2 Å². The lowest BCUT2D eigenvalue weighted by Crippen LogP contribution is -2.33. The van der Waals surface area contributed by atoms with Crippen LogP contribution < -0.4 is 0 Å². The van der Waals surface area contributed by atoms with E-state index in [1.165, 1.54) is 4.90 Å². The molecule has 6 nitrogen and oxygen atoms in total. The van der Waals surface area contributed by atoms with Crippen molar-refractivity contribution in [2.75, 3.05) is 6.54 Å². The summed E-state index contributed by atoms with van der Waals surface area (Å²) in [5, 5.41) is 0. The second-order valence-electron chi connectivity index (χ2n) is 8.09. The third-order valence-corrected chi connectivity index (χ3v) is 6.12. The fraction of sp³-hybridized carbons (Fsp3) is 0.360. The molecule has 2 aromatic carbocycles. The van der Waals surface area contributed by atoms with Crippen molar-refractivity contribution >= 4 is 23.6 Å². The first kappa shape index (κ1) is 21.0. The monoisotopic (exact) mass is 419 g/mol. The highest BCUT2D eigenvalue weighted by molar-refractivity contribution is 6.05. The predicted octanol–water partition coefficient (Wildman–Crippen LogP) is 3.72. The van der Waals surface area contributed by atoms with E-state index in [2.05, 4.69) is 0 Å². The lowest BCUT2D eigenvalue weighted by molar-refractivity contribution is -0.148. The maximum Gasteiger partial charge on any atom is 0.308 e. The number of benzene rings is 2. The highest BCUT2D eigenvalue weighted by Crippen LogP contribution is 2.38. The molecule has 0 bridgehead atoms. The summed E-state index contributed by atoms with van der Waals surface area (Å²) in [6.07, 6.45) is 2.16. The molecule has 4 rings (SSSR count). The number of carbonyl (C=O) groups excluding carboxylic acids is 4. The largest absolute Gasteiger partial charge is 0.449 e. The first-order valence-corrected chi connectivity index (χ1v) is 10.7. The molecular formula is C25H25NO5. The number of ether oxygens (including phenoxy) is 1. The third-order valence-electron chi connectivity index (χ3n) is 6.12. The minimum Gasteiger partial charge on any atom is -0.449 e. The minimum absolute atomic E-state index is 0.00939. The molecule has 2 aliphatic rings. The summed E-state index contributed by atoms with van der Waals surface area (Å²) >= 11 is 0. The number of carbonyl (C=O) groups is 4. The summed E-state index contributed by atoms with van der Waals surface area (Å²) in [4.78, 5) is 52.0. The highest BCUT2D eigenvalue weighted by atomic mass is 16.5. The average Bonchev–Trinajstić information content (AvgIpc) is 3.06. The van der Waals surface area contributed by atoms with E-state index >= 15 is 0 Å². The Balaban J connectivity index is 1.44. The van der Waals surface area contributed by atoms with Gasteiger partial charge in [0.1, 0.15) is 0 Å². The van der Waals surface area contributed by atoms with Crippen molar-refractivity contribution < 1.29 is 23.9 Å². The predicted molar refractivity (Wildman–Crippen MR) is 113 cm³/mol. The van der Waals surface area contributed by atoms with Crippen LogP contribution in [0.5, 0.6) is 0 Å². The molecule has 2 amide bonds. The van der Waals surface area contributed by atoms with E-state index < -0.39 is 12.1 Å². The van der Waals surface area contributed by atoms with E-state index in [1.807, 2.05) is 12.1 Å². The van der Waals surface area contributed by atoms with Crippen molar-refractivity contribution in [1.82, 2.24) is 4.90 Å². The second kappa shape index (κ2) is 9.25. The number of fused-ring (bicyclic) bond motifs is 1. The second-order valence-corrected chi connectivity index (χ2v) is 8.09. The third kappa shape index (κ3) is 4.43. The van der Waals surface area contributed by atoms with E-state index in [4.69, 9.17) is 4.74 Å². The lowest BCUT2D eigenvalue weighted by Gasteiger charge is -2.19. The number of Topliss-reactive ketones (excluding diaryl/α,β-unsaturated/α-hetero) is 1. The van der Waals surface area contributed by atoms with Crippen LogP contribution in [0.2, 0.25) is 0 Å². The molecule has 1 saturated heterocycles. The fourth-order valence-corrected chi connectivity index (χ4v) is 4.50. The Morgan fingerprint density at radius 3 is 2.00 bits per heavy atom. The van der Waals surface area contributed by atoms with E-state index in [0.29, 0.717) is 11.1 Å². The van der Waals surface area contributed by atoms with Crippen LogP contribution in [0.1, 0.15) is 54.1 Å². The highest BCUT2D eigenvalue weighted by Gasteiger charge is 2.47. The van der Waals surface area contributed by atoms with Gasteiger partial charge in [-0.05, 0) is 12.8 Å². The molecule has 1 aliphatic heterocycles. The van der Waals surface area contributed by atoms with Gasteiger partial charge in [0.2, 0.25) is 17.6 Å². The fourth-order valence-electron chi connectivity index (χ4n) is 4.50. The van der Waals surface area contributed by atoms with E-state index in [-0.39, 0.29) is 42.4 Å². The molecule has 0 radical (unpaired) electrons. The van der Waals surface area contributed by atoms with Gasteiger partial charge in [-0.25, -0.2) is 0 Å². The first-order chi connectivity index (χ1) is 15.1. The van der Waals surface area contributed by atoms with Crippen molar-refractivity contribution in [2.24, 2.45) is 11.8 Å². The number of hydrogen-bond acceptors (Lipinski definition) is 5. The molecule has 0 unspecified atom stereocenters. The van der Waals surface area contributed by atoms with Crippen molar-refractivity contribution in [2.45, 2.75) is 38.2 Å². The zero-order chi connectivity index (χ0) is 21.8. The zero-order valence-electron chi connectivity index (χ0n) is 17.2. The van der Waals surface area contributed by atoms with E-state index in [0.717, 1.165) is 25.7 Å². The van der Waals surface area contributed by atoms with Crippen LogP contribution in [-0.4, -0.2) is 35.0 Å². The molecule has 1 aliphatic carbocycles. The molecule has 2 aromatic rings. The summed E-state index contributed by atoms with van der Waals surface area (Å²) in [5.41, 5.74) is 1.02. The number of ketones is 1. The minimum atomic E-state index is -1.08. The molecule has 2 fully saturated rings. The van der Waals surface area contributed by atoms with Crippen LogP contribution in [-0.2, 0) is 19.1 Å². The molecule has 0 aromatic heterocycles. The molecule has 1 saturated carbocycles. The van der Waals surface area contributed by atoms with Crippen molar-refractivity contribution in [3.63, 3.8) is 0 Å². The number of imide groups is 1. The van der Waals surface area contributed by atoms with Crippen LogP contribution in [0.3, 0.4) is 0 Å². The summed E-state index contributed by atoms with van der Waals surface area (Å²) in [5.74, 6) is -1.78. The smallest absolute Gasteiger partial charge is 0.308 e. The number of rotatable bonds is 7. The average molecular weight is 419 g/mol. The first-order valence-electron chi connectivity index (χ1n) is 10.7. The van der Waals surface area contributed by atoms with Crippen LogP contribution >= 0.6 is 0 Å². The Bertz CT molecular complexity index is 948. The van der Waals surface area contributed by atoms with Crippen LogP contribution in [0, 0.1) is 11.8 Å². The summed E-state index contributed by atoms with van der Waals surface area (Å²) in [7, 11) is 0. The standard InChI is InChI=1S/C25H25NO5/c27-21(15-16-26-24(29)19-13-7-8-14-20(19)25(26)30)31-23(18-11-5-2-6-12-18)22(28)17-9-3-1-4-10-17/h1-6,9-12,19-20,23H,7-8,13-16H2/t19-,20+,23-/m1/s1. The normalized spacial score (nSPS) is 21.5. The van der Waals surface area contributed by atoms with Crippen molar-refractivity contribution in [3.8, 4) is 0 Å². The number of amides is 2. The molecule has 3 atom stereocenters. The molecule has 160 valence electrons. The topological polar surface area (TPSA) is 80.8 Å². The summed E-state index contributed by atoms with van der Waals surface area (Å²) in [6, 6.07) is 17.5. The van der Waals surface area contributed by atoms with Gasteiger partial charge in [-0.2, -0.15) is 0 Å². The SMILES string of the molecule is O=C(CCN1C(=O)[C@H]2CCCC[C@H]2C1=O)O[C@@H](C(=O)c1ccccc1)c1ccccc1. The van der Waals surface area contributed by atoms with Crippen molar-refractivity contribution in [3.05, 3.63) is 71.8 Å². The lowest BCUT2D eigenvalue weighted by atomic mass is 9.81. The van der Waals surface area contributed by atoms with Gasteiger partial charge in [-0.1, -0.05) is 73.5 Å². The summed E-state index contributed by atoms with van der Waals surface area (Å²) < 4.78 is 5.56. The Morgan fingerprint density at radius 2 is 1.42 bits per heavy atom. The molecular weight excluding hydrogens is 394 g/mol. The molecule has 0 N–H and O–H groups in total. The molecule has 1 heterocycles. The van der Waals surface area contributed by atoms with Gasteiger partial charge in [-0.15, -0.1) is 0 Å². The Labute approximate surface area is 181 Å². The van der Waals surface area contributed by atoms with Crippen LogP contribution in [0.4, 0.5) is 0 Å². The number of likely N-dealkylation sites (tertiary alicyclic amines) is 1. The van der Waals surface area contributed by atoms with Crippen LogP contribution in [0.15, 0.2) is 60.7 Å². The van der Waals surface area contributed by atoms with Gasteiger partial charge in [0.05, 0.1) is 18.3 Å². The maximum atomic E-state index is 13.0. The Kier molecular flexibility index (Phi) is 6.26. The Hall–Kier alpha value is -3.28. The van der Waals surface area contributed by atoms with E-state index in [1.54, 1.807) is 48.5 Å². The molecule has 31 heavy (non-hydrogen) atoms. The van der Waals surface area contributed by atoms with Gasteiger partial charge in [-0.3, -0.25) is 24.1 Å². The maximum absolute atomic E-state index is 13.0. The number of hydrogen-bond donors (Lipinski definition) is 0. The van der Waals surface area contributed by atoms with Gasteiger partial charge in [0.25, 0.3) is 0 Å². The van der Waals surface area contributed by atoms with Crippen molar-refractivity contribution in [1.29, 1.82) is 0 Å². The number of nitrogens with zero attached hydrogens (tertiary/aromatic N) is 1. The van der Waals surface area contributed by atoms with Crippen LogP contribution in [0.25, 0.3) is 0 Å². The van der Waals surface area contributed by atoms with Gasteiger partial charge in [0, 0.05) is 17.7 Å². The quantitative estimate of drug-likeness (QED) is 0.388. The number of esters is 1. The zero-order valence-corrected chi connectivity index (χ0v) is 17.2. The summed E-state index contributed by atoms with van der Waals surface area (Å²) in [6.45, 7) is -0.00939. The molecule has 6 heteroatoms. The van der Waals surface area contributed by atoms with Gasteiger partial charge in [0.15, 0.2) is 6.10 Å².